The fourth-order valence-electron chi connectivity index (χ4n) is 2.05. The fourth-order valence-corrected chi connectivity index (χ4v) is 2.05. The van der Waals surface area contributed by atoms with E-state index in [0.717, 1.165) is 5.56 Å². The maximum absolute atomic E-state index is 12.4. The van der Waals surface area contributed by atoms with Crippen LogP contribution in [0.4, 0.5) is 0 Å². The Hall–Kier alpha value is -2.60. The van der Waals surface area contributed by atoms with Crippen molar-refractivity contribution in [3.8, 4) is 11.8 Å². The Labute approximate surface area is 124 Å². The predicted octanol–water partition coefficient (Wildman–Crippen LogP) is 3.79. The number of ketones is 1. The monoisotopic (exact) mass is 279 g/mol. The van der Waals surface area contributed by atoms with Crippen molar-refractivity contribution < 1.29 is 9.53 Å². The van der Waals surface area contributed by atoms with Gasteiger partial charge >= 0.3 is 0 Å². The maximum atomic E-state index is 12.4. The molecule has 0 heterocycles. The third-order valence-corrected chi connectivity index (χ3v) is 3.21. The first-order valence-corrected chi connectivity index (χ1v) is 6.96. The minimum Gasteiger partial charge on any atom is -0.482 e. The zero-order valence-electron chi connectivity index (χ0n) is 12.0. The molecule has 1 unspecified atom stereocenters. The van der Waals surface area contributed by atoms with Crippen LogP contribution in [0.2, 0.25) is 0 Å². The molecule has 0 N–H and O–H groups in total. The van der Waals surface area contributed by atoms with E-state index < -0.39 is 6.10 Å². The van der Waals surface area contributed by atoms with Crippen LogP contribution in [0, 0.1) is 11.3 Å². The Morgan fingerprint density at radius 3 is 2.38 bits per heavy atom. The zero-order valence-corrected chi connectivity index (χ0v) is 12.0. The van der Waals surface area contributed by atoms with Gasteiger partial charge in [-0.3, -0.25) is 4.79 Å². The molecule has 0 aliphatic heterocycles. The van der Waals surface area contributed by atoms with Gasteiger partial charge in [0.25, 0.3) is 0 Å². The quantitative estimate of drug-likeness (QED) is 0.756. The summed E-state index contributed by atoms with van der Waals surface area (Å²) in [5.41, 5.74) is 1.60. The molecular weight excluding hydrogens is 262 g/mol. The van der Waals surface area contributed by atoms with E-state index in [4.69, 9.17) is 10.00 Å². The average molecular weight is 279 g/mol. The summed E-state index contributed by atoms with van der Waals surface area (Å²) in [5.74, 6) is 0.632. The molecule has 0 fully saturated rings. The molecule has 0 aromatic heterocycles. The van der Waals surface area contributed by atoms with Crippen LogP contribution in [0.15, 0.2) is 54.6 Å². The van der Waals surface area contributed by atoms with Crippen molar-refractivity contribution in [2.75, 3.05) is 0 Å². The minimum atomic E-state index is -0.491. The Morgan fingerprint density at radius 1 is 1.14 bits per heavy atom. The summed E-state index contributed by atoms with van der Waals surface area (Å²) in [7, 11) is 0. The van der Waals surface area contributed by atoms with Gasteiger partial charge in [-0.1, -0.05) is 49.4 Å². The highest BCUT2D eigenvalue weighted by atomic mass is 16.5. The van der Waals surface area contributed by atoms with Crippen molar-refractivity contribution in [1.29, 1.82) is 5.26 Å². The SMILES string of the molecule is CCC(Oc1ccc(CC#N)cc1)C(=O)c1ccccc1. The summed E-state index contributed by atoms with van der Waals surface area (Å²) in [6.07, 6.45) is 0.489. The van der Waals surface area contributed by atoms with E-state index in [9.17, 15) is 4.79 Å². The Morgan fingerprint density at radius 2 is 1.81 bits per heavy atom. The Bertz CT molecular complexity index is 627. The fraction of sp³-hybridized carbons (Fsp3) is 0.222. The summed E-state index contributed by atoms with van der Waals surface area (Å²) >= 11 is 0. The smallest absolute Gasteiger partial charge is 0.203 e. The lowest BCUT2D eigenvalue weighted by Gasteiger charge is -2.16. The number of ether oxygens (including phenoxy) is 1. The standard InChI is InChI=1S/C18H17NO2/c1-2-17(18(20)15-6-4-3-5-7-15)21-16-10-8-14(9-11-16)12-13-19/h3-11,17H,2,12H2,1H3. The number of hydrogen-bond acceptors (Lipinski definition) is 3. The number of carbonyl (C=O) groups excluding carboxylic acids is 1. The molecule has 0 saturated carbocycles. The molecule has 106 valence electrons. The molecule has 0 amide bonds. The molecule has 2 aromatic rings. The lowest BCUT2D eigenvalue weighted by Crippen LogP contribution is -2.26. The number of Topliss-reactive ketones (excluding diaryl/α,β-unsaturated/α-hetero) is 1. The van der Waals surface area contributed by atoms with Gasteiger partial charge in [-0.15, -0.1) is 0 Å². The molecule has 2 aromatic carbocycles. The third-order valence-electron chi connectivity index (χ3n) is 3.21. The highest BCUT2D eigenvalue weighted by molar-refractivity contribution is 5.99. The van der Waals surface area contributed by atoms with Crippen molar-refractivity contribution in [3.05, 3.63) is 65.7 Å². The van der Waals surface area contributed by atoms with Crippen molar-refractivity contribution >= 4 is 5.78 Å². The highest BCUT2D eigenvalue weighted by Crippen LogP contribution is 2.17. The molecule has 0 saturated heterocycles. The van der Waals surface area contributed by atoms with Gasteiger partial charge in [-0.2, -0.15) is 5.26 Å². The van der Waals surface area contributed by atoms with E-state index in [1.165, 1.54) is 0 Å². The van der Waals surface area contributed by atoms with Gasteiger partial charge in [0.1, 0.15) is 5.75 Å². The first-order valence-electron chi connectivity index (χ1n) is 6.96. The van der Waals surface area contributed by atoms with Gasteiger partial charge in [-0.25, -0.2) is 0 Å². The lowest BCUT2D eigenvalue weighted by molar-refractivity contribution is 0.0786. The van der Waals surface area contributed by atoms with E-state index in [1.54, 1.807) is 24.3 Å². The van der Waals surface area contributed by atoms with Gasteiger partial charge in [-0.05, 0) is 24.1 Å². The predicted molar refractivity (Wildman–Crippen MR) is 81.2 cm³/mol. The normalized spacial score (nSPS) is 11.4. The van der Waals surface area contributed by atoms with Crippen LogP contribution in [0.1, 0.15) is 29.3 Å². The average Bonchev–Trinajstić information content (AvgIpc) is 2.54. The maximum Gasteiger partial charge on any atom is 0.203 e. The van der Waals surface area contributed by atoms with E-state index >= 15 is 0 Å². The van der Waals surface area contributed by atoms with Crippen molar-refractivity contribution in [1.82, 2.24) is 0 Å². The zero-order chi connectivity index (χ0) is 15.1. The van der Waals surface area contributed by atoms with Gasteiger partial charge in [0.15, 0.2) is 6.10 Å². The summed E-state index contributed by atoms with van der Waals surface area (Å²) in [6.45, 7) is 1.93. The van der Waals surface area contributed by atoms with Crippen LogP contribution < -0.4 is 4.74 Å². The van der Waals surface area contributed by atoms with Gasteiger partial charge in [0.2, 0.25) is 5.78 Å². The molecule has 0 aliphatic rings. The number of carbonyl (C=O) groups is 1. The molecule has 3 nitrogen and oxygen atoms in total. The van der Waals surface area contributed by atoms with Crippen molar-refractivity contribution in [2.45, 2.75) is 25.9 Å². The first kappa shape index (κ1) is 14.8. The van der Waals surface area contributed by atoms with Crippen LogP contribution in [0.3, 0.4) is 0 Å². The molecule has 2 rings (SSSR count). The van der Waals surface area contributed by atoms with Crippen LogP contribution in [-0.4, -0.2) is 11.9 Å². The van der Waals surface area contributed by atoms with Crippen LogP contribution in [0.25, 0.3) is 0 Å². The molecule has 0 bridgehead atoms. The van der Waals surface area contributed by atoms with Crippen LogP contribution in [-0.2, 0) is 6.42 Å². The second kappa shape index (κ2) is 7.25. The topological polar surface area (TPSA) is 50.1 Å². The molecule has 1 atom stereocenters. The van der Waals surface area contributed by atoms with Crippen molar-refractivity contribution in [3.63, 3.8) is 0 Å². The molecule has 21 heavy (non-hydrogen) atoms. The number of rotatable bonds is 6. The summed E-state index contributed by atoms with van der Waals surface area (Å²) in [5, 5.41) is 8.65. The lowest BCUT2D eigenvalue weighted by atomic mass is 10.0. The largest absolute Gasteiger partial charge is 0.482 e. The van der Waals surface area contributed by atoms with Gasteiger partial charge < -0.3 is 4.74 Å². The second-order valence-corrected chi connectivity index (χ2v) is 4.72. The van der Waals surface area contributed by atoms with Gasteiger partial charge in [0, 0.05) is 5.56 Å². The van der Waals surface area contributed by atoms with Gasteiger partial charge in [0.05, 0.1) is 12.5 Å². The second-order valence-electron chi connectivity index (χ2n) is 4.72. The molecule has 0 radical (unpaired) electrons. The van der Waals surface area contributed by atoms with Crippen LogP contribution >= 0.6 is 0 Å². The summed E-state index contributed by atoms with van der Waals surface area (Å²) in [6, 6.07) is 18.6. The minimum absolute atomic E-state index is 0.0146. The summed E-state index contributed by atoms with van der Waals surface area (Å²) < 4.78 is 5.78. The first-order chi connectivity index (χ1) is 10.2. The summed E-state index contributed by atoms with van der Waals surface area (Å²) in [4.78, 5) is 12.4. The number of benzene rings is 2. The van der Waals surface area contributed by atoms with E-state index in [0.29, 0.717) is 24.2 Å². The number of nitrogens with zero attached hydrogens (tertiary/aromatic N) is 1. The molecule has 0 aliphatic carbocycles. The van der Waals surface area contributed by atoms with E-state index in [2.05, 4.69) is 6.07 Å². The van der Waals surface area contributed by atoms with E-state index in [1.807, 2.05) is 37.3 Å². The number of nitriles is 1. The Kier molecular flexibility index (Phi) is 5.11. The molecule has 3 heteroatoms. The Balaban J connectivity index is 2.08. The highest BCUT2D eigenvalue weighted by Gasteiger charge is 2.19. The molecule has 0 spiro atoms. The van der Waals surface area contributed by atoms with Crippen LogP contribution in [0.5, 0.6) is 5.75 Å². The molecular formula is C18H17NO2. The third kappa shape index (κ3) is 3.93. The van der Waals surface area contributed by atoms with E-state index in [-0.39, 0.29) is 5.78 Å². The number of hydrogen-bond donors (Lipinski definition) is 0. The van der Waals surface area contributed by atoms with Crippen molar-refractivity contribution in [2.24, 2.45) is 0 Å².